The van der Waals surface area contributed by atoms with Gasteiger partial charge >= 0.3 is 0 Å². The van der Waals surface area contributed by atoms with Crippen molar-refractivity contribution >= 4 is 5.78 Å². The van der Waals surface area contributed by atoms with Crippen LogP contribution in [-0.4, -0.2) is 19.0 Å². The highest BCUT2D eigenvalue weighted by Gasteiger charge is 2.30. The Balaban J connectivity index is 2.23. The van der Waals surface area contributed by atoms with E-state index >= 15 is 0 Å². The van der Waals surface area contributed by atoms with Crippen LogP contribution in [0.25, 0.3) is 0 Å². The van der Waals surface area contributed by atoms with Crippen molar-refractivity contribution in [2.75, 3.05) is 13.2 Å². The Bertz CT molecular complexity index is 375. The number of ether oxygens (including phenoxy) is 2. The largest absolute Gasteiger partial charge is 0.346 e. The fourth-order valence-electron chi connectivity index (χ4n) is 1.81. The molecule has 3 nitrogen and oxygen atoms in total. The van der Waals surface area contributed by atoms with E-state index in [1.165, 1.54) is 0 Å². The number of carbonyl (C=O) groups excluding carboxylic acids is 1. The third-order valence-electron chi connectivity index (χ3n) is 2.86. The van der Waals surface area contributed by atoms with Crippen molar-refractivity contribution in [2.24, 2.45) is 0 Å². The lowest BCUT2D eigenvalue weighted by Crippen LogP contribution is -2.34. The van der Waals surface area contributed by atoms with Crippen LogP contribution in [0.15, 0.2) is 24.3 Å². The summed E-state index contributed by atoms with van der Waals surface area (Å²) in [6.07, 6.45) is 0.932. The molecule has 0 amide bonds. The molecule has 0 bridgehead atoms. The molecule has 1 aliphatic rings. The number of Topliss-reactive ketones (excluding diaryl/α,β-unsaturated/α-hetero) is 1. The van der Waals surface area contributed by atoms with Gasteiger partial charge in [0.05, 0.1) is 13.2 Å². The first-order valence-electron chi connectivity index (χ1n) is 5.51. The second-order valence-corrected chi connectivity index (χ2v) is 4.13. The van der Waals surface area contributed by atoms with Gasteiger partial charge in [0.15, 0.2) is 11.6 Å². The van der Waals surface area contributed by atoms with Crippen LogP contribution in [0.1, 0.15) is 36.2 Å². The van der Waals surface area contributed by atoms with Gasteiger partial charge in [-0.2, -0.15) is 0 Å². The van der Waals surface area contributed by atoms with Crippen LogP contribution in [0.4, 0.5) is 0 Å². The van der Waals surface area contributed by atoms with Crippen molar-refractivity contribution in [3.63, 3.8) is 0 Å². The fraction of sp³-hybridized carbons (Fsp3) is 0.462. The number of carbonyl (C=O) groups is 1. The molecule has 0 N–H and O–H groups in total. The predicted molar refractivity (Wildman–Crippen MR) is 60.3 cm³/mol. The SMILES string of the molecule is CC(=O)c1ccc(C2(C)OCCCO2)cc1. The zero-order chi connectivity index (χ0) is 11.6. The average molecular weight is 220 g/mol. The molecule has 0 aliphatic carbocycles. The smallest absolute Gasteiger partial charge is 0.191 e. The lowest BCUT2D eigenvalue weighted by molar-refractivity contribution is -0.264. The van der Waals surface area contributed by atoms with Gasteiger partial charge in [-0.1, -0.05) is 24.3 Å². The molecular formula is C13H16O3. The molecule has 1 aromatic carbocycles. The summed E-state index contributed by atoms with van der Waals surface area (Å²) in [5, 5.41) is 0. The number of hydrogen-bond donors (Lipinski definition) is 0. The fourth-order valence-corrected chi connectivity index (χ4v) is 1.81. The summed E-state index contributed by atoms with van der Waals surface area (Å²) in [6, 6.07) is 7.40. The Morgan fingerprint density at radius 3 is 2.25 bits per heavy atom. The molecule has 1 aliphatic heterocycles. The highest BCUT2D eigenvalue weighted by molar-refractivity contribution is 5.94. The molecule has 16 heavy (non-hydrogen) atoms. The van der Waals surface area contributed by atoms with Gasteiger partial charge in [0.2, 0.25) is 0 Å². The minimum Gasteiger partial charge on any atom is -0.346 e. The van der Waals surface area contributed by atoms with Gasteiger partial charge < -0.3 is 9.47 Å². The first-order valence-corrected chi connectivity index (χ1v) is 5.51. The Morgan fingerprint density at radius 2 is 1.75 bits per heavy atom. The summed E-state index contributed by atoms with van der Waals surface area (Å²) in [7, 11) is 0. The third-order valence-corrected chi connectivity index (χ3v) is 2.86. The molecule has 1 heterocycles. The molecule has 0 unspecified atom stereocenters. The number of rotatable bonds is 2. The van der Waals surface area contributed by atoms with Gasteiger partial charge in [-0.05, 0) is 20.3 Å². The number of hydrogen-bond acceptors (Lipinski definition) is 3. The summed E-state index contributed by atoms with van der Waals surface area (Å²) in [5.74, 6) is -0.588. The molecule has 1 saturated heterocycles. The van der Waals surface area contributed by atoms with Gasteiger partial charge in [0, 0.05) is 11.1 Å². The second kappa shape index (κ2) is 4.36. The summed E-state index contributed by atoms with van der Waals surface area (Å²) >= 11 is 0. The Hall–Kier alpha value is -1.19. The maximum absolute atomic E-state index is 11.2. The van der Waals surface area contributed by atoms with E-state index in [0.29, 0.717) is 18.8 Å². The van der Waals surface area contributed by atoms with Crippen molar-refractivity contribution in [2.45, 2.75) is 26.1 Å². The van der Waals surface area contributed by atoms with E-state index in [4.69, 9.17) is 9.47 Å². The maximum atomic E-state index is 11.2. The monoisotopic (exact) mass is 220 g/mol. The lowest BCUT2D eigenvalue weighted by atomic mass is 10.0. The normalized spacial score (nSPS) is 19.4. The van der Waals surface area contributed by atoms with Crippen LogP contribution in [0, 0.1) is 0 Å². The maximum Gasteiger partial charge on any atom is 0.191 e. The quantitative estimate of drug-likeness (QED) is 0.718. The summed E-state index contributed by atoms with van der Waals surface area (Å²) in [5.41, 5.74) is 1.67. The Labute approximate surface area is 95.4 Å². The van der Waals surface area contributed by atoms with Crippen molar-refractivity contribution in [1.29, 1.82) is 0 Å². The molecule has 0 atom stereocenters. The number of ketones is 1. The highest BCUT2D eigenvalue weighted by atomic mass is 16.7. The average Bonchev–Trinajstić information content (AvgIpc) is 2.30. The van der Waals surface area contributed by atoms with E-state index in [1.807, 2.05) is 31.2 Å². The summed E-state index contributed by atoms with van der Waals surface area (Å²) < 4.78 is 11.3. The molecule has 3 heteroatoms. The van der Waals surface area contributed by atoms with Gasteiger partial charge in [-0.25, -0.2) is 0 Å². The van der Waals surface area contributed by atoms with E-state index in [1.54, 1.807) is 6.92 Å². The van der Waals surface area contributed by atoms with Crippen LogP contribution < -0.4 is 0 Å². The van der Waals surface area contributed by atoms with Crippen molar-refractivity contribution in [3.05, 3.63) is 35.4 Å². The van der Waals surface area contributed by atoms with Gasteiger partial charge in [0.1, 0.15) is 0 Å². The van der Waals surface area contributed by atoms with Crippen LogP contribution in [-0.2, 0) is 15.3 Å². The minimum atomic E-state index is -0.659. The number of benzene rings is 1. The van der Waals surface area contributed by atoms with E-state index in [2.05, 4.69) is 0 Å². The zero-order valence-corrected chi connectivity index (χ0v) is 9.66. The first kappa shape index (κ1) is 11.3. The van der Waals surface area contributed by atoms with Crippen LogP contribution in [0.3, 0.4) is 0 Å². The first-order chi connectivity index (χ1) is 7.62. The molecule has 2 rings (SSSR count). The van der Waals surface area contributed by atoms with E-state index in [-0.39, 0.29) is 5.78 Å². The summed E-state index contributed by atoms with van der Waals surface area (Å²) in [4.78, 5) is 11.2. The molecular weight excluding hydrogens is 204 g/mol. The van der Waals surface area contributed by atoms with Crippen molar-refractivity contribution in [1.82, 2.24) is 0 Å². The Morgan fingerprint density at radius 1 is 1.19 bits per heavy atom. The van der Waals surface area contributed by atoms with Gasteiger partial charge in [-0.3, -0.25) is 4.79 Å². The molecule has 1 aromatic rings. The summed E-state index contributed by atoms with van der Waals surface area (Å²) in [6.45, 7) is 4.90. The molecule has 0 radical (unpaired) electrons. The van der Waals surface area contributed by atoms with Crippen LogP contribution >= 0.6 is 0 Å². The standard InChI is InChI=1S/C13H16O3/c1-10(14)11-4-6-12(7-5-11)13(2)15-8-3-9-16-13/h4-7H,3,8-9H2,1-2H3. The molecule has 1 fully saturated rings. The topological polar surface area (TPSA) is 35.5 Å². The molecule has 0 saturated carbocycles. The Kier molecular flexibility index (Phi) is 3.08. The van der Waals surface area contributed by atoms with E-state index in [0.717, 1.165) is 12.0 Å². The van der Waals surface area contributed by atoms with Crippen LogP contribution in [0.5, 0.6) is 0 Å². The van der Waals surface area contributed by atoms with E-state index < -0.39 is 5.79 Å². The second-order valence-electron chi connectivity index (χ2n) is 4.13. The zero-order valence-electron chi connectivity index (χ0n) is 9.66. The van der Waals surface area contributed by atoms with Crippen LogP contribution in [0.2, 0.25) is 0 Å². The third kappa shape index (κ3) is 2.15. The highest BCUT2D eigenvalue weighted by Crippen LogP contribution is 2.30. The predicted octanol–water partition coefficient (Wildman–Crippen LogP) is 2.50. The lowest BCUT2D eigenvalue weighted by Gasteiger charge is -2.34. The van der Waals surface area contributed by atoms with Crippen molar-refractivity contribution in [3.8, 4) is 0 Å². The molecule has 0 spiro atoms. The molecule has 86 valence electrons. The van der Waals surface area contributed by atoms with E-state index in [9.17, 15) is 4.79 Å². The van der Waals surface area contributed by atoms with Gasteiger partial charge in [0.25, 0.3) is 0 Å². The van der Waals surface area contributed by atoms with Crippen molar-refractivity contribution < 1.29 is 14.3 Å². The molecule has 0 aromatic heterocycles. The minimum absolute atomic E-state index is 0.0715. The van der Waals surface area contributed by atoms with Gasteiger partial charge in [-0.15, -0.1) is 0 Å².